The lowest BCUT2D eigenvalue weighted by atomic mass is 10.1. The Balaban J connectivity index is 1.91. The molecule has 0 spiro atoms. The van der Waals surface area contributed by atoms with Crippen LogP contribution < -0.4 is 10.7 Å². The minimum absolute atomic E-state index is 0.0250. The second kappa shape index (κ2) is 5.20. The van der Waals surface area contributed by atoms with Crippen molar-refractivity contribution in [1.82, 2.24) is 10.3 Å². The first-order valence-electron chi connectivity index (χ1n) is 6.68. The number of benzene rings is 1. The third-order valence-corrected chi connectivity index (χ3v) is 5.42. The average Bonchev–Trinajstić information content (AvgIpc) is 2.79. The summed E-state index contributed by atoms with van der Waals surface area (Å²) in [7, 11) is -3.12. The quantitative estimate of drug-likeness (QED) is 0.845. The molecule has 2 aromatic rings. The van der Waals surface area contributed by atoms with Crippen LogP contribution in [0.5, 0.6) is 0 Å². The van der Waals surface area contributed by atoms with E-state index in [4.69, 9.17) is 0 Å². The molecule has 1 aromatic carbocycles. The van der Waals surface area contributed by atoms with Gasteiger partial charge in [0.05, 0.1) is 11.5 Å². The zero-order valence-electron chi connectivity index (χ0n) is 11.4. The first-order chi connectivity index (χ1) is 10.4. The third-order valence-electron chi connectivity index (χ3n) is 3.66. The lowest BCUT2D eigenvalue weighted by molar-refractivity contribution is 0.0940. The van der Waals surface area contributed by atoms with Crippen LogP contribution >= 0.6 is 0 Å². The van der Waals surface area contributed by atoms with E-state index in [9.17, 15) is 22.4 Å². The van der Waals surface area contributed by atoms with E-state index in [1.54, 1.807) is 0 Å². The van der Waals surface area contributed by atoms with Crippen molar-refractivity contribution in [1.29, 1.82) is 0 Å². The number of hydrogen-bond donors (Lipinski definition) is 2. The molecule has 0 saturated carbocycles. The standard InChI is InChI=1S/C14H13FN2O4S/c15-8-1-2-12-10(5-8)13(18)11(6-16-12)14(19)17-9-3-4-22(20,21)7-9/h1-2,5-6,9H,3-4,7H2,(H,16,18)(H,17,19)/t9-/m1/s1. The van der Waals surface area contributed by atoms with Gasteiger partial charge in [-0.3, -0.25) is 9.59 Å². The number of amides is 1. The van der Waals surface area contributed by atoms with Gasteiger partial charge in [0.1, 0.15) is 11.4 Å². The predicted molar refractivity (Wildman–Crippen MR) is 79.1 cm³/mol. The summed E-state index contributed by atoms with van der Waals surface area (Å²) in [5.41, 5.74) is -0.333. The molecular formula is C14H13FN2O4S. The van der Waals surface area contributed by atoms with Gasteiger partial charge in [0, 0.05) is 23.1 Å². The maximum absolute atomic E-state index is 13.2. The third kappa shape index (κ3) is 2.74. The summed E-state index contributed by atoms with van der Waals surface area (Å²) in [5, 5.41) is 2.61. The molecule has 1 atom stereocenters. The Labute approximate surface area is 125 Å². The summed E-state index contributed by atoms with van der Waals surface area (Å²) in [5.74, 6) is -1.33. The van der Waals surface area contributed by atoms with Gasteiger partial charge in [-0.05, 0) is 24.6 Å². The van der Waals surface area contributed by atoms with Crippen LogP contribution in [0, 0.1) is 5.82 Å². The molecule has 1 amide bonds. The molecule has 3 rings (SSSR count). The molecule has 116 valence electrons. The van der Waals surface area contributed by atoms with E-state index in [1.807, 2.05) is 0 Å². The summed E-state index contributed by atoms with van der Waals surface area (Å²) in [6.07, 6.45) is 1.58. The van der Waals surface area contributed by atoms with Gasteiger partial charge in [0.25, 0.3) is 5.91 Å². The van der Waals surface area contributed by atoms with Crippen molar-refractivity contribution < 1.29 is 17.6 Å². The van der Waals surface area contributed by atoms with E-state index in [-0.39, 0.29) is 22.5 Å². The zero-order chi connectivity index (χ0) is 15.9. The maximum atomic E-state index is 13.2. The minimum atomic E-state index is -3.12. The SMILES string of the molecule is O=C(N[C@@H]1CCS(=O)(=O)C1)c1c[nH]c2ccc(F)cc2c1=O. The van der Waals surface area contributed by atoms with Crippen molar-refractivity contribution in [3.63, 3.8) is 0 Å². The van der Waals surface area contributed by atoms with Crippen molar-refractivity contribution in [2.75, 3.05) is 11.5 Å². The van der Waals surface area contributed by atoms with Crippen LogP contribution in [-0.2, 0) is 9.84 Å². The van der Waals surface area contributed by atoms with Gasteiger partial charge in [-0.2, -0.15) is 0 Å². The molecule has 1 saturated heterocycles. The molecule has 0 bridgehead atoms. The summed E-state index contributed by atoms with van der Waals surface area (Å²) in [4.78, 5) is 27.2. The number of aromatic nitrogens is 1. The Kier molecular flexibility index (Phi) is 3.48. The van der Waals surface area contributed by atoms with Gasteiger partial charge in [-0.15, -0.1) is 0 Å². The molecule has 1 aromatic heterocycles. The normalized spacial score (nSPS) is 20.1. The Morgan fingerprint density at radius 1 is 1.36 bits per heavy atom. The zero-order valence-corrected chi connectivity index (χ0v) is 12.2. The second-order valence-electron chi connectivity index (χ2n) is 5.29. The van der Waals surface area contributed by atoms with Crippen molar-refractivity contribution in [3.8, 4) is 0 Å². The molecular weight excluding hydrogens is 311 g/mol. The number of carbonyl (C=O) groups is 1. The van der Waals surface area contributed by atoms with Crippen LogP contribution in [0.1, 0.15) is 16.8 Å². The van der Waals surface area contributed by atoms with Crippen molar-refractivity contribution in [2.45, 2.75) is 12.5 Å². The minimum Gasteiger partial charge on any atom is -0.360 e. The fourth-order valence-corrected chi connectivity index (χ4v) is 4.20. The highest BCUT2D eigenvalue weighted by molar-refractivity contribution is 7.91. The van der Waals surface area contributed by atoms with E-state index in [1.165, 1.54) is 18.3 Å². The first-order valence-corrected chi connectivity index (χ1v) is 8.50. The molecule has 1 aliphatic heterocycles. The van der Waals surface area contributed by atoms with E-state index >= 15 is 0 Å². The summed E-state index contributed by atoms with van der Waals surface area (Å²) < 4.78 is 36.0. The molecule has 2 heterocycles. The van der Waals surface area contributed by atoms with Gasteiger partial charge in [-0.25, -0.2) is 12.8 Å². The lowest BCUT2D eigenvalue weighted by Crippen LogP contribution is -2.38. The monoisotopic (exact) mass is 324 g/mol. The molecule has 0 radical (unpaired) electrons. The van der Waals surface area contributed by atoms with E-state index < -0.39 is 33.0 Å². The first kappa shape index (κ1) is 14.7. The Bertz CT molecular complexity index is 920. The Morgan fingerprint density at radius 3 is 2.82 bits per heavy atom. The van der Waals surface area contributed by atoms with Gasteiger partial charge in [-0.1, -0.05) is 0 Å². The van der Waals surface area contributed by atoms with Crippen LogP contribution in [0.4, 0.5) is 4.39 Å². The molecule has 1 aliphatic rings. The predicted octanol–water partition coefficient (Wildman–Crippen LogP) is 0.584. The summed E-state index contributed by atoms with van der Waals surface area (Å²) >= 11 is 0. The van der Waals surface area contributed by atoms with Gasteiger partial charge < -0.3 is 10.3 Å². The van der Waals surface area contributed by atoms with Crippen LogP contribution in [0.3, 0.4) is 0 Å². The average molecular weight is 324 g/mol. The van der Waals surface area contributed by atoms with E-state index in [0.717, 1.165) is 6.07 Å². The van der Waals surface area contributed by atoms with Crippen LogP contribution in [0.2, 0.25) is 0 Å². The lowest BCUT2D eigenvalue weighted by Gasteiger charge is -2.10. The van der Waals surface area contributed by atoms with Gasteiger partial charge in [0.15, 0.2) is 9.84 Å². The smallest absolute Gasteiger partial charge is 0.257 e. The Hall–Kier alpha value is -2.22. The van der Waals surface area contributed by atoms with Gasteiger partial charge in [0.2, 0.25) is 5.43 Å². The second-order valence-corrected chi connectivity index (χ2v) is 7.52. The number of halogens is 1. The van der Waals surface area contributed by atoms with Crippen LogP contribution in [-0.4, -0.2) is 36.9 Å². The van der Waals surface area contributed by atoms with Crippen molar-refractivity contribution >= 4 is 26.6 Å². The molecule has 6 nitrogen and oxygen atoms in total. The number of nitrogens with one attached hydrogen (secondary N) is 2. The molecule has 8 heteroatoms. The number of aromatic amines is 1. The summed E-state index contributed by atoms with van der Waals surface area (Å²) in [6, 6.07) is 3.18. The number of carbonyl (C=O) groups excluding carboxylic acids is 1. The number of fused-ring (bicyclic) bond motifs is 1. The number of H-pyrrole nitrogens is 1. The van der Waals surface area contributed by atoms with E-state index in [0.29, 0.717) is 11.9 Å². The highest BCUT2D eigenvalue weighted by Gasteiger charge is 2.29. The van der Waals surface area contributed by atoms with Gasteiger partial charge >= 0.3 is 0 Å². The number of rotatable bonds is 2. The highest BCUT2D eigenvalue weighted by Crippen LogP contribution is 2.13. The fraction of sp³-hybridized carbons (Fsp3) is 0.286. The van der Waals surface area contributed by atoms with Crippen LogP contribution in [0.15, 0.2) is 29.2 Å². The highest BCUT2D eigenvalue weighted by atomic mass is 32.2. The molecule has 2 N–H and O–H groups in total. The molecule has 1 fully saturated rings. The number of pyridine rings is 1. The number of sulfone groups is 1. The van der Waals surface area contributed by atoms with E-state index in [2.05, 4.69) is 10.3 Å². The van der Waals surface area contributed by atoms with Crippen molar-refractivity contribution in [2.24, 2.45) is 0 Å². The molecule has 0 aliphatic carbocycles. The molecule has 0 unspecified atom stereocenters. The fourth-order valence-electron chi connectivity index (χ4n) is 2.53. The maximum Gasteiger partial charge on any atom is 0.257 e. The Morgan fingerprint density at radius 2 is 2.14 bits per heavy atom. The largest absolute Gasteiger partial charge is 0.360 e. The van der Waals surface area contributed by atoms with Crippen molar-refractivity contribution in [3.05, 3.63) is 46.0 Å². The summed E-state index contributed by atoms with van der Waals surface area (Å²) in [6.45, 7) is 0. The topological polar surface area (TPSA) is 96.1 Å². The van der Waals surface area contributed by atoms with Crippen LogP contribution in [0.25, 0.3) is 10.9 Å². The molecule has 22 heavy (non-hydrogen) atoms. The number of hydrogen-bond acceptors (Lipinski definition) is 4.